The summed E-state index contributed by atoms with van der Waals surface area (Å²) in [5.74, 6) is 6.83. The Balaban J connectivity index is 1.50. The lowest BCUT2D eigenvalue weighted by Crippen LogP contribution is -2.20. The van der Waals surface area contributed by atoms with E-state index in [0.29, 0.717) is 17.0 Å². The fourth-order valence-corrected chi connectivity index (χ4v) is 4.69. The molecule has 38 heavy (non-hydrogen) atoms. The van der Waals surface area contributed by atoms with Gasteiger partial charge in [-0.25, -0.2) is 15.0 Å². The largest absolute Gasteiger partial charge is 0.369 e. The molecule has 1 unspecified atom stereocenters. The summed E-state index contributed by atoms with van der Waals surface area (Å²) in [5.41, 5.74) is 9.41. The van der Waals surface area contributed by atoms with Gasteiger partial charge in [-0.15, -0.1) is 5.92 Å². The average molecular weight is 502 g/mol. The monoisotopic (exact) mass is 501 g/mol. The highest BCUT2D eigenvalue weighted by Crippen LogP contribution is 2.34. The molecule has 186 valence electrons. The van der Waals surface area contributed by atoms with Crippen molar-refractivity contribution in [3.05, 3.63) is 71.2 Å². The Hall–Kier alpha value is -5.24. The maximum absolute atomic E-state index is 12.9. The molecule has 0 bridgehead atoms. The number of nitrogens with two attached hydrogens (primary N) is 1. The van der Waals surface area contributed by atoms with Crippen molar-refractivity contribution in [1.82, 2.24) is 24.3 Å². The molecule has 3 aromatic heterocycles. The second kappa shape index (κ2) is 10.4. The van der Waals surface area contributed by atoms with Gasteiger partial charge in [-0.05, 0) is 50.2 Å². The van der Waals surface area contributed by atoms with Crippen LogP contribution in [0.3, 0.4) is 0 Å². The molecule has 4 aromatic rings. The molecule has 1 fully saturated rings. The Morgan fingerprint density at radius 1 is 1.16 bits per heavy atom. The molecule has 0 saturated carbocycles. The highest BCUT2D eigenvalue weighted by atomic mass is 16.1. The maximum atomic E-state index is 12.9. The zero-order chi connectivity index (χ0) is 26.6. The SMILES string of the molecule is CC#CCN1CCC(c2nc(-c3ccc(C(=O)Nc4cc(C#N)ccn4)c(C#N)c3)n3c(N)nccc23)C1. The van der Waals surface area contributed by atoms with Crippen LogP contribution in [0.5, 0.6) is 0 Å². The van der Waals surface area contributed by atoms with Gasteiger partial charge in [0.15, 0.2) is 0 Å². The van der Waals surface area contributed by atoms with Gasteiger partial charge in [0.1, 0.15) is 11.6 Å². The summed E-state index contributed by atoms with van der Waals surface area (Å²) >= 11 is 0. The van der Waals surface area contributed by atoms with Gasteiger partial charge in [-0.3, -0.25) is 14.1 Å². The Morgan fingerprint density at radius 3 is 2.79 bits per heavy atom. The normalized spacial score (nSPS) is 14.9. The van der Waals surface area contributed by atoms with E-state index in [1.165, 1.54) is 18.3 Å². The number of carbonyl (C=O) groups excluding carboxylic acids is 1. The quantitative estimate of drug-likeness (QED) is 0.396. The third-order valence-corrected chi connectivity index (χ3v) is 6.52. The summed E-state index contributed by atoms with van der Waals surface area (Å²) in [5, 5.41) is 21.6. The van der Waals surface area contributed by atoms with E-state index >= 15 is 0 Å². The molecule has 1 aromatic carbocycles. The molecular formula is C28H23N9O. The average Bonchev–Trinajstić information content (AvgIpc) is 3.57. The van der Waals surface area contributed by atoms with E-state index in [-0.39, 0.29) is 28.8 Å². The molecule has 1 aliphatic heterocycles. The van der Waals surface area contributed by atoms with Crippen molar-refractivity contribution in [2.75, 3.05) is 30.7 Å². The number of benzene rings is 1. The number of nitrogen functional groups attached to an aromatic ring is 1. The first-order chi connectivity index (χ1) is 18.5. The molecule has 0 aliphatic carbocycles. The number of likely N-dealkylation sites (tertiary alicyclic amines) is 1. The van der Waals surface area contributed by atoms with Crippen LogP contribution < -0.4 is 11.1 Å². The fraction of sp³-hybridized carbons (Fsp3) is 0.214. The molecular weight excluding hydrogens is 478 g/mol. The highest BCUT2D eigenvalue weighted by molar-refractivity contribution is 6.05. The van der Waals surface area contributed by atoms with Crippen molar-refractivity contribution in [2.24, 2.45) is 0 Å². The number of fused-ring (bicyclic) bond motifs is 1. The number of amides is 1. The van der Waals surface area contributed by atoms with Crippen molar-refractivity contribution in [1.29, 1.82) is 10.5 Å². The van der Waals surface area contributed by atoms with Gasteiger partial charge in [0.05, 0.1) is 46.6 Å². The molecule has 5 rings (SSSR count). The molecule has 3 N–H and O–H groups in total. The van der Waals surface area contributed by atoms with Crippen LogP contribution in [0.4, 0.5) is 11.8 Å². The molecule has 1 amide bonds. The van der Waals surface area contributed by atoms with Crippen LogP contribution in [0.15, 0.2) is 48.8 Å². The lowest BCUT2D eigenvalue weighted by atomic mass is 10.0. The van der Waals surface area contributed by atoms with Crippen LogP contribution >= 0.6 is 0 Å². The highest BCUT2D eigenvalue weighted by Gasteiger charge is 2.29. The summed E-state index contributed by atoms with van der Waals surface area (Å²) < 4.78 is 1.79. The summed E-state index contributed by atoms with van der Waals surface area (Å²) in [6.07, 6.45) is 4.05. The molecule has 1 aliphatic rings. The third-order valence-electron chi connectivity index (χ3n) is 6.52. The van der Waals surface area contributed by atoms with Crippen molar-refractivity contribution in [3.63, 3.8) is 0 Å². The van der Waals surface area contributed by atoms with Crippen LogP contribution in [0, 0.1) is 34.5 Å². The lowest BCUT2D eigenvalue weighted by Gasteiger charge is -2.11. The summed E-state index contributed by atoms with van der Waals surface area (Å²) in [7, 11) is 0. The molecule has 1 atom stereocenters. The first-order valence-electron chi connectivity index (χ1n) is 12.0. The van der Waals surface area contributed by atoms with Crippen molar-refractivity contribution < 1.29 is 4.79 Å². The van der Waals surface area contributed by atoms with Crippen molar-refractivity contribution >= 4 is 23.2 Å². The minimum absolute atomic E-state index is 0.169. The van der Waals surface area contributed by atoms with Gasteiger partial charge in [0.2, 0.25) is 5.95 Å². The predicted octanol–water partition coefficient (Wildman–Crippen LogP) is 3.18. The van der Waals surface area contributed by atoms with E-state index in [0.717, 1.165) is 37.3 Å². The second-order valence-electron chi connectivity index (χ2n) is 8.86. The van der Waals surface area contributed by atoms with Gasteiger partial charge >= 0.3 is 0 Å². The zero-order valence-electron chi connectivity index (χ0n) is 20.6. The van der Waals surface area contributed by atoms with Gasteiger partial charge in [-0.1, -0.05) is 12.0 Å². The van der Waals surface area contributed by atoms with E-state index in [1.807, 2.05) is 19.1 Å². The van der Waals surface area contributed by atoms with E-state index in [4.69, 9.17) is 16.0 Å². The Kier molecular flexibility index (Phi) is 6.69. The van der Waals surface area contributed by atoms with E-state index < -0.39 is 5.91 Å². The number of rotatable bonds is 5. The second-order valence-corrected chi connectivity index (χ2v) is 8.86. The number of nitriles is 2. The van der Waals surface area contributed by atoms with Gasteiger partial charge in [-0.2, -0.15) is 10.5 Å². The maximum Gasteiger partial charge on any atom is 0.258 e. The molecule has 10 heteroatoms. The smallest absolute Gasteiger partial charge is 0.258 e. The summed E-state index contributed by atoms with van der Waals surface area (Å²) in [6, 6.07) is 13.9. The number of anilines is 2. The van der Waals surface area contributed by atoms with Crippen molar-refractivity contribution in [2.45, 2.75) is 19.3 Å². The summed E-state index contributed by atoms with van der Waals surface area (Å²) in [4.78, 5) is 28.5. The number of nitrogens with one attached hydrogen (secondary N) is 1. The lowest BCUT2D eigenvalue weighted by molar-refractivity contribution is 0.102. The first-order valence-corrected chi connectivity index (χ1v) is 12.0. The number of aromatic nitrogens is 4. The molecule has 1 saturated heterocycles. The zero-order valence-corrected chi connectivity index (χ0v) is 20.6. The third kappa shape index (κ3) is 4.62. The first kappa shape index (κ1) is 24.5. The number of nitrogens with zero attached hydrogens (tertiary/aromatic N) is 7. The van der Waals surface area contributed by atoms with E-state index in [1.54, 1.807) is 28.8 Å². The van der Waals surface area contributed by atoms with Crippen LogP contribution in [0.2, 0.25) is 0 Å². The Bertz CT molecular complexity index is 1700. The molecule has 0 radical (unpaired) electrons. The van der Waals surface area contributed by atoms with Crippen LogP contribution in [0.1, 0.15) is 46.4 Å². The Labute approximate surface area is 219 Å². The predicted molar refractivity (Wildman–Crippen MR) is 142 cm³/mol. The van der Waals surface area contributed by atoms with Crippen LogP contribution in [-0.2, 0) is 0 Å². The summed E-state index contributed by atoms with van der Waals surface area (Å²) in [6.45, 7) is 4.34. The minimum Gasteiger partial charge on any atom is -0.369 e. The van der Waals surface area contributed by atoms with Gasteiger partial charge in [0, 0.05) is 30.4 Å². The van der Waals surface area contributed by atoms with Gasteiger partial charge < -0.3 is 11.1 Å². The topological polar surface area (TPSA) is 149 Å². The van der Waals surface area contributed by atoms with E-state index in [2.05, 4.69) is 38.1 Å². The van der Waals surface area contributed by atoms with Crippen LogP contribution in [0.25, 0.3) is 16.9 Å². The number of hydrogen-bond donors (Lipinski definition) is 2. The van der Waals surface area contributed by atoms with Crippen LogP contribution in [-0.4, -0.2) is 49.8 Å². The minimum atomic E-state index is -0.508. The number of hydrogen-bond acceptors (Lipinski definition) is 8. The number of pyridine rings is 1. The van der Waals surface area contributed by atoms with Crippen molar-refractivity contribution in [3.8, 4) is 35.4 Å². The molecule has 10 nitrogen and oxygen atoms in total. The number of imidazole rings is 1. The molecule has 0 spiro atoms. The Morgan fingerprint density at radius 2 is 2.00 bits per heavy atom. The van der Waals surface area contributed by atoms with E-state index in [9.17, 15) is 10.1 Å². The fourth-order valence-electron chi connectivity index (χ4n) is 4.69. The molecule has 4 heterocycles. The number of carbonyl (C=O) groups is 1. The van der Waals surface area contributed by atoms with Gasteiger partial charge in [0.25, 0.3) is 5.91 Å². The standard InChI is InChI=1S/C28H23N9O/c1-2-3-11-36-12-8-20(17-36)25-23-7-10-33-28(31)37(23)26(35-25)19-4-5-22(21(14-19)16-30)27(38)34-24-13-18(15-29)6-9-32-24/h4-7,9-10,13-14,20H,8,11-12,17H2,1H3,(H2,31,33)(H,32,34,38).